The minimum atomic E-state index is -0.0357. The second-order valence-electron chi connectivity index (χ2n) is 6.21. The smallest absolute Gasteiger partial charge is 0.289 e. The van der Waals surface area contributed by atoms with Crippen molar-refractivity contribution in [3.63, 3.8) is 0 Å². The van der Waals surface area contributed by atoms with Crippen molar-refractivity contribution >= 4 is 22.6 Å². The topological polar surface area (TPSA) is 65.4 Å². The van der Waals surface area contributed by atoms with E-state index in [-0.39, 0.29) is 5.91 Å². The zero-order chi connectivity index (χ0) is 16.7. The lowest BCUT2D eigenvalue weighted by Crippen LogP contribution is -2.49. The van der Waals surface area contributed by atoms with E-state index in [9.17, 15) is 4.79 Å². The maximum absolute atomic E-state index is 12.7. The molecule has 4 rings (SSSR count). The van der Waals surface area contributed by atoms with E-state index in [1.165, 1.54) is 0 Å². The molecule has 0 spiro atoms. The molecule has 0 radical (unpaired) electrons. The van der Waals surface area contributed by atoms with Crippen LogP contribution in [0.4, 0.5) is 5.69 Å². The summed E-state index contributed by atoms with van der Waals surface area (Å²) in [5, 5.41) is 8.24. The van der Waals surface area contributed by atoms with Crippen molar-refractivity contribution < 1.29 is 9.21 Å². The third-order valence-corrected chi connectivity index (χ3v) is 4.61. The zero-order valence-electron chi connectivity index (χ0n) is 13.9. The molecule has 1 saturated heterocycles. The molecule has 6 nitrogen and oxygen atoms in total. The van der Waals surface area contributed by atoms with E-state index in [1.54, 1.807) is 0 Å². The Morgan fingerprint density at radius 2 is 1.92 bits per heavy atom. The highest BCUT2D eigenvalue weighted by molar-refractivity contribution is 5.96. The van der Waals surface area contributed by atoms with Crippen molar-refractivity contribution in [2.75, 3.05) is 31.1 Å². The third-order valence-electron chi connectivity index (χ3n) is 4.61. The van der Waals surface area contributed by atoms with Gasteiger partial charge in [0.1, 0.15) is 5.58 Å². The first kappa shape index (κ1) is 14.8. The van der Waals surface area contributed by atoms with Gasteiger partial charge in [0, 0.05) is 31.6 Å². The first-order valence-corrected chi connectivity index (χ1v) is 8.18. The third kappa shape index (κ3) is 2.44. The zero-order valence-corrected chi connectivity index (χ0v) is 13.9. The van der Waals surface area contributed by atoms with Gasteiger partial charge in [0.05, 0.1) is 17.1 Å². The van der Waals surface area contributed by atoms with Gasteiger partial charge in [0.25, 0.3) is 5.91 Å². The number of furan rings is 1. The van der Waals surface area contributed by atoms with Crippen molar-refractivity contribution in [1.29, 1.82) is 0 Å². The molecule has 124 valence electrons. The average Bonchev–Trinajstić information content (AvgIpc) is 3.18. The molecule has 0 aliphatic carbocycles. The highest BCUT2D eigenvalue weighted by atomic mass is 16.3. The van der Waals surface area contributed by atoms with E-state index < -0.39 is 0 Å². The van der Waals surface area contributed by atoms with Gasteiger partial charge in [-0.15, -0.1) is 0 Å². The molecule has 1 fully saturated rings. The van der Waals surface area contributed by atoms with Crippen LogP contribution in [0.25, 0.3) is 11.0 Å². The van der Waals surface area contributed by atoms with E-state index in [2.05, 4.69) is 15.1 Å². The van der Waals surface area contributed by atoms with Crippen LogP contribution >= 0.6 is 0 Å². The average molecular weight is 324 g/mol. The van der Waals surface area contributed by atoms with Crippen molar-refractivity contribution in [2.24, 2.45) is 0 Å². The van der Waals surface area contributed by atoms with E-state index in [0.717, 1.165) is 41.1 Å². The monoisotopic (exact) mass is 324 g/mol. The summed E-state index contributed by atoms with van der Waals surface area (Å²) in [4.78, 5) is 16.8. The Morgan fingerprint density at radius 1 is 1.17 bits per heavy atom. The first-order chi connectivity index (χ1) is 11.6. The van der Waals surface area contributed by atoms with Gasteiger partial charge in [-0.3, -0.25) is 9.89 Å². The molecule has 0 atom stereocenters. The predicted molar refractivity (Wildman–Crippen MR) is 92.4 cm³/mol. The van der Waals surface area contributed by atoms with Crippen molar-refractivity contribution in [2.45, 2.75) is 13.8 Å². The standard InChI is InChI=1S/C18H20N4O2/c1-12-17(13(2)20-19-12)21-7-9-22(10-8-21)18(23)16-11-14-5-3-4-6-15(14)24-16/h3-6,11H,7-10H2,1-2H3,(H,19,20). The fourth-order valence-electron chi connectivity index (χ4n) is 3.39. The van der Waals surface area contributed by atoms with E-state index in [4.69, 9.17) is 4.42 Å². The van der Waals surface area contributed by atoms with Crippen LogP contribution in [0.5, 0.6) is 0 Å². The molecule has 0 bridgehead atoms. The molecule has 3 heterocycles. The summed E-state index contributed by atoms with van der Waals surface area (Å²) in [6.07, 6.45) is 0. The Morgan fingerprint density at radius 3 is 2.58 bits per heavy atom. The number of para-hydroxylation sites is 1. The Bertz CT molecular complexity index is 835. The van der Waals surface area contributed by atoms with Gasteiger partial charge >= 0.3 is 0 Å². The molecule has 24 heavy (non-hydrogen) atoms. The number of H-pyrrole nitrogens is 1. The Hall–Kier alpha value is -2.76. The molecular formula is C18H20N4O2. The number of anilines is 1. The number of nitrogens with one attached hydrogen (secondary N) is 1. The first-order valence-electron chi connectivity index (χ1n) is 8.18. The predicted octanol–water partition coefficient (Wildman–Crippen LogP) is 2.74. The summed E-state index contributed by atoms with van der Waals surface area (Å²) in [5.41, 5.74) is 3.99. The lowest BCUT2D eigenvalue weighted by atomic mass is 10.2. The quantitative estimate of drug-likeness (QED) is 0.787. The lowest BCUT2D eigenvalue weighted by Gasteiger charge is -2.35. The maximum atomic E-state index is 12.7. The van der Waals surface area contributed by atoms with Crippen LogP contribution in [-0.4, -0.2) is 47.2 Å². The number of amides is 1. The molecule has 0 unspecified atom stereocenters. The van der Waals surface area contributed by atoms with Crippen LogP contribution in [0.15, 0.2) is 34.7 Å². The van der Waals surface area contributed by atoms with Gasteiger partial charge in [-0.05, 0) is 26.0 Å². The summed E-state index contributed by atoms with van der Waals surface area (Å²) in [7, 11) is 0. The minimum absolute atomic E-state index is 0.0357. The van der Waals surface area contributed by atoms with Crippen LogP contribution in [0.2, 0.25) is 0 Å². The molecule has 1 N–H and O–H groups in total. The number of fused-ring (bicyclic) bond motifs is 1. The number of hydrogen-bond acceptors (Lipinski definition) is 4. The summed E-state index contributed by atoms with van der Waals surface area (Å²) >= 11 is 0. The molecule has 0 saturated carbocycles. The number of rotatable bonds is 2. The summed E-state index contributed by atoms with van der Waals surface area (Å²) in [6.45, 7) is 6.99. The summed E-state index contributed by atoms with van der Waals surface area (Å²) in [5.74, 6) is 0.381. The number of carbonyl (C=O) groups excluding carboxylic acids is 1. The highest BCUT2D eigenvalue weighted by Gasteiger charge is 2.26. The van der Waals surface area contributed by atoms with Gasteiger partial charge in [0.2, 0.25) is 0 Å². The van der Waals surface area contributed by atoms with Gasteiger partial charge in [-0.2, -0.15) is 5.10 Å². The number of nitrogens with zero attached hydrogens (tertiary/aromatic N) is 3. The van der Waals surface area contributed by atoms with E-state index >= 15 is 0 Å². The van der Waals surface area contributed by atoms with E-state index in [1.807, 2.05) is 49.1 Å². The van der Waals surface area contributed by atoms with Gasteiger partial charge in [-0.25, -0.2) is 0 Å². The summed E-state index contributed by atoms with van der Waals surface area (Å²) < 4.78 is 5.70. The van der Waals surface area contributed by atoms with Gasteiger partial charge in [-0.1, -0.05) is 18.2 Å². The molecule has 1 aromatic carbocycles. The van der Waals surface area contributed by atoms with Crippen LogP contribution in [0, 0.1) is 13.8 Å². The number of aryl methyl sites for hydroxylation is 2. The lowest BCUT2D eigenvalue weighted by molar-refractivity contribution is 0.0717. The number of hydrogen-bond donors (Lipinski definition) is 1. The molecule has 1 amide bonds. The normalized spacial score (nSPS) is 15.2. The minimum Gasteiger partial charge on any atom is -0.451 e. The summed E-state index contributed by atoms with van der Waals surface area (Å²) in [6, 6.07) is 9.52. The highest BCUT2D eigenvalue weighted by Crippen LogP contribution is 2.25. The van der Waals surface area contributed by atoms with Crippen LogP contribution in [-0.2, 0) is 0 Å². The molecule has 1 aliphatic rings. The SMILES string of the molecule is Cc1n[nH]c(C)c1N1CCN(C(=O)c2cc3ccccc3o2)CC1. The van der Waals surface area contributed by atoms with Crippen molar-refractivity contribution in [1.82, 2.24) is 15.1 Å². The number of aromatic nitrogens is 2. The van der Waals surface area contributed by atoms with Gasteiger partial charge in [0.15, 0.2) is 5.76 Å². The largest absolute Gasteiger partial charge is 0.451 e. The van der Waals surface area contributed by atoms with Crippen molar-refractivity contribution in [3.05, 3.63) is 47.5 Å². The van der Waals surface area contributed by atoms with Crippen molar-refractivity contribution in [3.8, 4) is 0 Å². The van der Waals surface area contributed by atoms with Crippen LogP contribution in [0.3, 0.4) is 0 Å². The number of aromatic amines is 1. The Balaban J connectivity index is 1.48. The van der Waals surface area contributed by atoms with E-state index in [0.29, 0.717) is 18.8 Å². The fourth-order valence-corrected chi connectivity index (χ4v) is 3.39. The molecular weight excluding hydrogens is 304 g/mol. The molecule has 3 aromatic rings. The van der Waals surface area contributed by atoms with Gasteiger partial charge < -0.3 is 14.2 Å². The van der Waals surface area contributed by atoms with Crippen LogP contribution < -0.4 is 4.90 Å². The fraction of sp³-hybridized carbons (Fsp3) is 0.333. The molecule has 1 aliphatic heterocycles. The number of carbonyl (C=O) groups is 1. The second kappa shape index (κ2) is 5.70. The Labute approximate surface area is 140 Å². The number of piperazine rings is 1. The second-order valence-corrected chi connectivity index (χ2v) is 6.21. The van der Waals surface area contributed by atoms with Crippen LogP contribution in [0.1, 0.15) is 21.9 Å². The number of benzene rings is 1. The molecule has 2 aromatic heterocycles. The maximum Gasteiger partial charge on any atom is 0.289 e. The Kier molecular flexibility index (Phi) is 3.52. The molecule has 6 heteroatoms.